The molecule has 0 spiro atoms. The van der Waals surface area contributed by atoms with E-state index in [1.807, 2.05) is 49.4 Å². The third kappa shape index (κ3) is 3.33. The molecule has 2 N–H and O–H groups in total. The van der Waals surface area contributed by atoms with Crippen LogP contribution in [0.5, 0.6) is 0 Å². The van der Waals surface area contributed by atoms with Crippen LogP contribution in [0.25, 0.3) is 11.3 Å². The quantitative estimate of drug-likeness (QED) is 0.761. The number of aromatic nitrogens is 2. The molecule has 1 amide bonds. The van der Waals surface area contributed by atoms with Gasteiger partial charge in [-0.25, -0.2) is 0 Å². The fourth-order valence-corrected chi connectivity index (χ4v) is 3.42. The molecule has 3 aromatic rings. The van der Waals surface area contributed by atoms with Crippen LogP contribution >= 0.6 is 0 Å². The number of amides is 1. The van der Waals surface area contributed by atoms with Crippen molar-refractivity contribution in [3.63, 3.8) is 0 Å². The molecular formula is C21H22N4O. The number of H-pyrrole nitrogens is 1. The fourth-order valence-electron chi connectivity index (χ4n) is 3.42. The Bertz CT molecular complexity index is 903. The van der Waals surface area contributed by atoms with Crippen LogP contribution in [-0.4, -0.2) is 35.2 Å². The molecule has 1 saturated heterocycles. The fraction of sp³-hybridized carbons (Fsp3) is 0.238. The average molecular weight is 346 g/mol. The van der Waals surface area contributed by atoms with Gasteiger partial charge in [-0.05, 0) is 30.5 Å². The number of hydrogen-bond acceptors (Lipinski definition) is 3. The minimum absolute atomic E-state index is 0.00181. The molecule has 0 bridgehead atoms. The van der Waals surface area contributed by atoms with Gasteiger partial charge in [0.1, 0.15) is 0 Å². The Morgan fingerprint density at radius 1 is 1.15 bits per heavy atom. The molecule has 2 aromatic carbocycles. The molecule has 26 heavy (non-hydrogen) atoms. The lowest BCUT2D eigenvalue weighted by Crippen LogP contribution is -2.37. The van der Waals surface area contributed by atoms with E-state index in [1.54, 1.807) is 0 Å². The number of benzene rings is 2. The summed E-state index contributed by atoms with van der Waals surface area (Å²) >= 11 is 0. The summed E-state index contributed by atoms with van der Waals surface area (Å²) < 4.78 is 0. The van der Waals surface area contributed by atoms with Crippen molar-refractivity contribution < 1.29 is 4.79 Å². The molecule has 132 valence electrons. The molecule has 5 nitrogen and oxygen atoms in total. The van der Waals surface area contributed by atoms with Crippen LogP contribution < -0.4 is 10.2 Å². The number of carbonyl (C=O) groups excluding carboxylic acids is 1. The van der Waals surface area contributed by atoms with Gasteiger partial charge >= 0.3 is 0 Å². The van der Waals surface area contributed by atoms with E-state index in [-0.39, 0.29) is 11.9 Å². The maximum atomic E-state index is 12.5. The molecule has 2 heterocycles. The standard InChI is InChI=1S/C21H22N4O/c1-15-7-5-6-10-18(15)21(26)22-17-11-12-25(14-17)20-13-19(23-24-20)16-8-3-2-4-9-16/h2-10,13,17H,11-12,14H2,1H3,(H,22,26)(H,23,24)/t17-/m0/s1. The summed E-state index contributed by atoms with van der Waals surface area (Å²) in [6.07, 6.45) is 0.922. The second kappa shape index (κ2) is 7.04. The minimum atomic E-state index is 0.00181. The summed E-state index contributed by atoms with van der Waals surface area (Å²) in [4.78, 5) is 14.7. The van der Waals surface area contributed by atoms with E-state index in [4.69, 9.17) is 0 Å². The van der Waals surface area contributed by atoms with Crippen molar-refractivity contribution in [2.24, 2.45) is 0 Å². The largest absolute Gasteiger partial charge is 0.353 e. The zero-order valence-electron chi connectivity index (χ0n) is 14.8. The van der Waals surface area contributed by atoms with Crippen molar-refractivity contribution in [1.82, 2.24) is 15.5 Å². The monoisotopic (exact) mass is 346 g/mol. The second-order valence-corrected chi connectivity index (χ2v) is 6.73. The number of carbonyl (C=O) groups is 1. The minimum Gasteiger partial charge on any atom is -0.353 e. The Morgan fingerprint density at radius 2 is 1.92 bits per heavy atom. The number of hydrogen-bond donors (Lipinski definition) is 2. The van der Waals surface area contributed by atoms with E-state index in [0.717, 1.165) is 47.7 Å². The van der Waals surface area contributed by atoms with E-state index < -0.39 is 0 Å². The van der Waals surface area contributed by atoms with E-state index >= 15 is 0 Å². The van der Waals surface area contributed by atoms with Crippen molar-refractivity contribution >= 4 is 11.7 Å². The first-order valence-electron chi connectivity index (χ1n) is 8.93. The highest BCUT2D eigenvalue weighted by molar-refractivity contribution is 5.95. The van der Waals surface area contributed by atoms with Crippen LogP contribution in [0.3, 0.4) is 0 Å². The van der Waals surface area contributed by atoms with Gasteiger partial charge in [-0.1, -0.05) is 48.5 Å². The summed E-state index contributed by atoms with van der Waals surface area (Å²) in [7, 11) is 0. The summed E-state index contributed by atoms with van der Waals surface area (Å²) in [6, 6.07) is 20.1. The Labute approximate surface area is 153 Å². The second-order valence-electron chi connectivity index (χ2n) is 6.73. The SMILES string of the molecule is Cc1ccccc1C(=O)N[C@H]1CCN(c2cc(-c3ccccc3)[nH]n2)C1. The molecule has 0 saturated carbocycles. The van der Waals surface area contributed by atoms with Gasteiger partial charge in [-0.15, -0.1) is 0 Å². The van der Waals surface area contributed by atoms with Gasteiger partial charge in [0.05, 0.1) is 5.69 Å². The zero-order valence-corrected chi connectivity index (χ0v) is 14.8. The number of nitrogens with one attached hydrogen (secondary N) is 2. The number of aromatic amines is 1. The molecular weight excluding hydrogens is 324 g/mol. The molecule has 4 rings (SSSR count). The summed E-state index contributed by atoms with van der Waals surface area (Å²) in [5.74, 6) is 0.929. The van der Waals surface area contributed by atoms with E-state index in [1.165, 1.54) is 0 Å². The van der Waals surface area contributed by atoms with Gasteiger partial charge in [-0.2, -0.15) is 5.10 Å². The van der Waals surface area contributed by atoms with E-state index in [2.05, 4.69) is 38.6 Å². The number of nitrogens with zero attached hydrogens (tertiary/aromatic N) is 2. The van der Waals surface area contributed by atoms with Crippen LogP contribution in [0.1, 0.15) is 22.3 Å². The molecule has 1 fully saturated rings. The van der Waals surface area contributed by atoms with Gasteiger partial charge in [0.25, 0.3) is 5.91 Å². The van der Waals surface area contributed by atoms with Crippen LogP contribution in [0.4, 0.5) is 5.82 Å². The van der Waals surface area contributed by atoms with Gasteiger partial charge in [0.2, 0.25) is 0 Å². The zero-order chi connectivity index (χ0) is 17.9. The molecule has 0 aliphatic carbocycles. The van der Waals surface area contributed by atoms with Crippen LogP contribution in [0.2, 0.25) is 0 Å². The lowest BCUT2D eigenvalue weighted by atomic mass is 10.1. The van der Waals surface area contributed by atoms with Crippen LogP contribution in [-0.2, 0) is 0 Å². The molecule has 5 heteroatoms. The maximum absolute atomic E-state index is 12.5. The Morgan fingerprint density at radius 3 is 2.73 bits per heavy atom. The lowest BCUT2D eigenvalue weighted by molar-refractivity contribution is 0.0940. The Balaban J connectivity index is 1.41. The van der Waals surface area contributed by atoms with E-state index in [0.29, 0.717) is 0 Å². The van der Waals surface area contributed by atoms with Crippen LogP contribution in [0.15, 0.2) is 60.7 Å². The molecule has 1 aromatic heterocycles. The summed E-state index contributed by atoms with van der Waals surface area (Å²) in [5.41, 5.74) is 3.87. The lowest BCUT2D eigenvalue weighted by Gasteiger charge is -2.16. The summed E-state index contributed by atoms with van der Waals surface area (Å²) in [5, 5.41) is 10.7. The van der Waals surface area contributed by atoms with Gasteiger partial charge in [0.15, 0.2) is 5.82 Å². The highest BCUT2D eigenvalue weighted by Crippen LogP contribution is 2.24. The highest BCUT2D eigenvalue weighted by Gasteiger charge is 2.26. The van der Waals surface area contributed by atoms with Crippen LogP contribution in [0, 0.1) is 6.92 Å². The van der Waals surface area contributed by atoms with Gasteiger partial charge < -0.3 is 10.2 Å². The summed E-state index contributed by atoms with van der Waals surface area (Å²) in [6.45, 7) is 3.62. The van der Waals surface area contributed by atoms with Crippen molar-refractivity contribution in [1.29, 1.82) is 0 Å². The maximum Gasteiger partial charge on any atom is 0.251 e. The Hall–Kier alpha value is -3.08. The van der Waals surface area contributed by atoms with Gasteiger partial charge in [-0.3, -0.25) is 9.89 Å². The highest BCUT2D eigenvalue weighted by atomic mass is 16.1. The number of rotatable bonds is 4. The van der Waals surface area contributed by atoms with E-state index in [9.17, 15) is 4.79 Å². The average Bonchev–Trinajstić information content (AvgIpc) is 3.32. The van der Waals surface area contributed by atoms with Crippen molar-refractivity contribution in [3.05, 3.63) is 71.8 Å². The number of anilines is 1. The van der Waals surface area contributed by atoms with Crippen molar-refractivity contribution in [3.8, 4) is 11.3 Å². The Kier molecular flexibility index (Phi) is 4.44. The first-order chi connectivity index (χ1) is 12.7. The molecule has 1 aliphatic rings. The number of aryl methyl sites for hydroxylation is 1. The molecule has 0 unspecified atom stereocenters. The molecule has 0 radical (unpaired) electrons. The smallest absolute Gasteiger partial charge is 0.251 e. The topological polar surface area (TPSA) is 61.0 Å². The van der Waals surface area contributed by atoms with Crippen molar-refractivity contribution in [2.75, 3.05) is 18.0 Å². The molecule has 1 aliphatic heterocycles. The predicted molar refractivity (Wildman–Crippen MR) is 103 cm³/mol. The first-order valence-corrected chi connectivity index (χ1v) is 8.93. The normalized spacial score (nSPS) is 16.7. The predicted octanol–water partition coefficient (Wildman–Crippen LogP) is 3.39. The third-order valence-corrected chi connectivity index (χ3v) is 4.89. The first kappa shape index (κ1) is 16.4. The van der Waals surface area contributed by atoms with Gasteiger partial charge in [0, 0.05) is 30.8 Å². The third-order valence-electron chi connectivity index (χ3n) is 4.89. The van der Waals surface area contributed by atoms with Crippen molar-refractivity contribution in [2.45, 2.75) is 19.4 Å². The molecule has 1 atom stereocenters.